The number of imidazole rings is 1. The van der Waals surface area contributed by atoms with Crippen LogP contribution in [0.2, 0.25) is 5.15 Å². The van der Waals surface area contributed by atoms with Gasteiger partial charge in [0, 0.05) is 13.2 Å². The first kappa shape index (κ1) is 14.0. The van der Waals surface area contributed by atoms with Crippen LogP contribution in [0.15, 0.2) is 24.5 Å². The van der Waals surface area contributed by atoms with E-state index in [0.717, 1.165) is 11.0 Å². The molecular weight excluding hydrogens is 288 g/mol. The van der Waals surface area contributed by atoms with E-state index in [0.29, 0.717) is 23.4 Å². The quantitative estimate of drug-likeness (QED) is 0.697. The van der Waals surface area contributed by atoms with E-state index in [1.807, 2.05) is 4.57 Å². The Morgan fingerprint density at radius 1 is 1.14 bits per heavy atom. The summed E-state index contributed by atoms with van der Waals surface area (Å²) < 4.78 is 6.98. The number of halogens is 1. The molecule has 0 amide bonds. The minimum atomic E-state index is 0.318. The molecule has 0 atom stereocenters. The topological polar surface area (TPSA) is 52.8 Å². The molecule has 3 rings (SSSR count). The molecular formula is C15H15ClN4O. The smallest absolute Gasteiger partial charge is 0.158 e. The molecule has 0 aliphatic heterocycles. The maximum absolute atomic E-state index is 6.07. The van der Waals surface area contributed by atoms with Gasteiger partial charge in [0.1, 0.15) is 23.9 Å². The van der Waals surface area contributed by atoms with Crippen LogP contribution in [0.5, 0.6) is 0 Å². The van der Waals surface area contributed by atoms with Gasteiger partial charge >= 0.3 is 0 Å². The fraction of sp³-hybridized carbons (Fsp3) is 0.267. The van der Waals surface area contributed by atoms with E-state index < -0.39 is 0 Å². The van der Waals surface area contributed by atoms with Gasteiger partial charge in [-0.1, -0.05) is 11.6 Å². The third-order valence-electron chi connectivity index (χ3n) is 3.41. The molecule has 0 saturated heterocycles. The van der Waals surface area contributed by atoms with Crippen molar-refractivity contribution in [2.24, 2.45) is 0 Å². The number of nitrogens with zero attached hydrogens (tertiary/aromatic N) is 4. The molecule has 108 valence electrons. The van der Waals surface area contributed by atoms with E-state index in [4.69, 9.17) is 16.3 Å². The van der Waals surface area contributed by atoms with Crippen LogP contribution < -0.4 is 0 Å². The molecule has 5 nitrogen and oxygen atoms in total. The van der Waals surface area contributed by atoms with E-state index in [1.54, 1.807) is 19.5 Å². The van der Waals surface area contributed by atoms with Crippen molar-refractivity contribution in [1.82, 2.24) is 19.5 Å². The Hall–Kier alpha value is -1.98. The third-order valence-corrected chi connectivity index (χ3v) is 3.60. The Morgan fingerprint density at radius 3 is 2.67 bits per heavy atom. The molecule has 0 N–H and O–H groups in total. The van der Waals surface area contributed by atoms with Crippen LogP contribution in [0.3, 0.4) is 0 Å². The zero-order valence-electron chi connectivity index (χ0n) is 12.1. The molecule has 3 aromatic rings. The summed E-state index contributed by atoms with van der Waals surface area (Å²) in [5.41, 5.74) is 4.35. The van der Waals surface area contributed by atoms with Gasteiger partial charge in [-0.05, 0) is 37.1 Å². The second-order valence-electron chi connectivity index (χ2n) is 4.94. The molecule has 0 radical (unpaired) electrons. The first-order valence-corrected chi connectivity index (χ1v) is 6.93. The van der Waals surface area contributed by atoms with E-state index in [2.05, 4.69) is 40.9 Å². The Bertz CT molecular complexity index is 813. The summed E-state index contributed by atoms with van der Waals surface area (Å²) in [6, 6.07) is 5.89. The average molecular weight is 303 g/mol. The average Bonchev–Trinajstić information content (AvgIpc) is 2.82. The summed E-state index contributed by atoms with van der Waals surface area (Å²) in [6.45, 7) is 4.47. The van der Waals surface area contributed by atoms with Crippen LogP contribution >= 0.6 is 11.6 Å². The van der Waals surface area contributed by atoms with Crippen LogP contribution in [0, 0.1) is 13.8 Å². The van der Waals surface area contributed by atoms with Crippen molar-refractivity contribution < 1.29 is 4.74 Å². The summed E-state index contributed by atoms with van der Waals surface area (Å²) in [5, 5.41) is 0.387. The zero-order chi connectivity index (χ0) is 15.0. The molecule has 2 heterocycles. The number of ether oxygens (including phenoxy) is 1. The zero-order valence-corrected chi connectivity index (χ0v) is 12.8. The van der Waals surface area contributed by atoms with Crippen molar-refractivity contribution in [3.8, 4) is 5.82 Å². The molecule has 0 aliphatic rings. The Kier molecular flexibility index (Phi) is 3.61. The van der Waals surface area contributed by atoms with Crippen LogP contribution in [0.4, 0.5) is 0 Å². The molecule has 6 heteroatoms. The number of aryl methyl sites for hydroxylation is 2. The van der Waals surface area contributed by atoms with Gasteiger partial charge in [0.15, 0.2) is 5.82 Å². The Balaban J connectivity index is 2.18. The summed E-state index contributed by atoms with van der Waals surface area (Å²) in [7, 11) is 1.60. The molecule has 1 aromatic carbocycles. The monoisotopic (exact) mass is 302 g/mol. The predicted octanol–water partition coefficient (Wildman–Crippen LogP) is 3.23. The third kappa shape index (κ3) is 2.62. The van der Waals surface area contributed by atoms with Crippen molar-refractivity contribution in [2.45, 2.75) is 20.5 Å². The predicted molar refractivity (Wildman–Crippen MR) is 81.9 cm³/mol. The number of benzene rings is 1. The van der Waals surface area contributed by atoms with Crippen molar-refractivity contribution in [1.29, 1.82) is 0 Å². The van der Waals surface area contributed by atoms with Gasteiger partial charge in [-0.2, -0.15) is 0 Å². The fourth-order valence-corrected chi connectivity index (χ4v) is 2.41. The van der Waals surface area contributed by atoms with Crippen LogP contribution in [0.1, 0.15) is 17.0 Å². The number of methoxy groups -OCH3 is 1. The molecule has 0 fully saturated rings. The highest BCUT2D eigenvalue weighted by Crippen LogP contribution is 2.22. The van der Waals surface area contributed by atoms with Crippen molar-refractivity contribution >= 4 is 22.6 Å². The van der Waals surface area contributed by atoms with Gasteiger partial charge in [-0.15, -0.1) is 0 Å². The number of rotatable bonds is 3. The van der Waals surface area contributed by atoms with Gasteiger partial charge < -0.3 is 4.74 Å². The molecule has 0 bridgehead atoms. The Morgan fingerprint density at radius 2 is 1.90 bits per heavy atom. The van der Waals surface area contributed by atoms with Crippen LogP contribution in [-0.2, 0) is 11.3 Å². The second kappa shape index (κ2) is 5.42. The summed E-state index contributed by atoms with van der Waals surface area (Å²) in [5.74, 6) is 1.23. The van der Waals surface area contributed by atoms with Crippen molar-refractivity contribution in [2.75, 3.05) is 7.11 Å². The number of hydrogen-bond acceptors (Lipinski definition) is 4. The lowest BCUT2D eigenvalue weighted by Gasteiger charge is -2.07. The van der Waals surface area contributed by atoms with E-state index in [1.165, 1.54) is 11.1 Å². The van der Waals surface area contributed by atoms with Crippen molar-refractivity contribution in [3.05, 3.63) is 46.6 Å². The summed E-state index contributed by atoms with van der Waals surface area (Å²) >= 11 is 6.07. The highest BCUT2D eigenvalue weighted by atomic mass is 35.5. The number of fused-ring (bicyclic) bond motifs is 1. The minimum Gasteiger partial charge on any atom is -0.377 e. The van der Waals surface area contributed by atoms with E-state index in [9.17, 15) is 0 Å². The Labute approximate surface area is 127 Å². The molecule has 0 unspecified atom stereocenters. The fourth-order valence-electron chi connectivity index (χ4n) is 2.22. The van der Waals surface area contributed by atoms with Gasteiger partial charge in [0.25, 0.3) is 0 Å². The number of hydrogen-bond donors (Lipinski definition) is 0. The van der Waals surface area contributed by atoms with Gasteiger partial charge in [-0.3, -0.25) is 4.57 Å². The largest absolute Gasteiger partial charge is 0.377 e. The lowest BCUT2D eigenvalue weighted by atomic mass is 10.1. The van der Waals surface area contributed by atoms with Gasteiger partial charge in [0.2, 0.25) is 0 Å². The highest BCUT2D eigenvalue weighted by molar-refractivity contribution is 6.29. The normalized spacial score (nSPS) is 11.2. The molecule has 0 spiro atoms. The maximum Gasteiger partial charge on any atom is 0.158 e. The van der Waals surface area contributed by atoms with Crippen molar-refractivity contribution in [3.63, 3.8) is 0 Å². The lowest BCUT2D eigenvalue weighted by molar-refractivity contribution is 0.177. The van der Waals surface area contributed by atoms with Crippen LogP contribution in [-0.4, -0.2) is 26.6 Å². The van der Waals surface area contributed by atoms with Gasteiger partial charge in [-0.25, -0.2) is 15.0 Å². The first-order chi connectivity index (χ1) is 10.1. The molecule has 0 aliphatic carbocycles. The second-order valence-corrected chi connectivity index (χ2v) is 5.33. The molecule has 21 heavy (non-hydrogen) atoms. The van der Waals surface area contributed by atoms with Crippen LogP contribution in [0.25, 0.3) is 16.9 Å². The van der Waals surface area contributed by atoms with E-state index in [-0.39, 0.29) is 0 Å². The minimum absolute atomic E-state index is 0.318. The number of aromatic nitrogens is 4. The SMILES string of the molecule is COCc1nc(Cl)cc(-n2cnc3cc(C)c(C)cc32)n1. The summed E-state index contributed by atoms with van der Waals surface area (Å²) in [4.78, 5) is 13.0. The molecule has 0 saturated carbocycles. The van der Waals surface area contributed by atoms with Gasteiger partial charge in [0.05, 0.1) is 11.0 Å². The highest BCUT2D eigenvalue weighted by Gasteiger charge is 2.10. The molecule has 2 aromatic heterocycles. The first-order valence-electron chi connectivity index (χ1n) is 6.55. The maximum atomic E-state index is 6.07. The summed E-state index contributed by atoms with van der Waals surface area (Å²) in [6.07, 6.45) is 1.75. The van der Waals surface area contributed by atoms with E-state index >= 15 is 0 Å². The standard InChI is InChI=1S/C15H15ClN4O/c1-9-4-11-12(5-10(9)2)20(8-17-11)15-6-13(16)18-14(19-15)7-21-3/h4-6,8H,7H2,1-3H3. The lowest BCUT2D eigenvalue weighted by Crippen LogP contribution is -2.03.